The molecule has 0 radical (unpaired) electrons. The topological polar surface area (TPSA) is 73.2 Å². The Balaban J connectivity index is 1.52. The fraction of sp³-hybridized carbons (Fsp3) is 0.367. The van der Waals surface area contributed by atoms with Gasteiger partial charge in [0.1, 0.15) is 16.5 Å². The van der Waals surface area contributed by atoms with Crippen molar-refractivity contribution in [2.45, 2.75) is 63.1 Å². The Morgan fingerprint density at radius 1 is 1.05 bits per heavy atom. The maximum absolute atomic E-state index is 14.2. The number of anilines is 2. The van der Waals surface area contributed by atoms with Gasteiger partial charge in [-0.3, -0.25) is 0 Å². The number of halogens is 4. The smallest absolute Gasteiger partial charge is 0.406 e. The fourth-order valence-corrected chi connectivity index (χ4v) is 7.47. The van der Waals surface area contributed by atoms with Crippen LogP contribution < -0.4 is 10.1 Å². The molecule has 11 heteroatoms. The zero-order valence-electron chi connectivity index (χ0n) is 22.9. The molecule has 1 N–H and O–H groups in total. The number of sulfone groups is 1. The molecular formula is C30H31F4N3O3S. The number of fused-ring (bicyclic) bond motifs is 1. The molecule has 0 saturated heterocycles. The number of ether oxygens (including phenoxy) is 1. The van der Waals surface area contributed by atoms with Crippen molar-refractivity contribution in [1.29, 1.82) is 0 Å². The van der Waals surface area contributed by atoms with Gasteiger partial charge >= 0.3 is 6.36 Å². The maximum Gasteiger partial charge on any atom is 0.573 e. The minimum atomic E-state index is -4.79. The lowest BCUT2D eigenvalue weighted by Gasteiger charge is -2.40. The summed E-state index contributed by atoms with van der Waals surface area (Å²) >= 11 is 0. The molecular weight excluding hydrogens is 558 g/mol. The number of aromatic nitrogens is 2. The summed E-state index contributed by atoms with van der Waals surface area (Å²) in [7, 11) is -3.94. The minimum Gasteiger partial charge on any atom is -0.406 e. The highest BCUT2D eigenvalue weighted by atomic mass is 32.2. The van der Waals surface area contributed by atoms with E-state index in [0.717, 1.165) is 30.8 Å². The Hall–Kier alpha value is -3.60. The Kier molecular flexibility index (Phi) is 7.52. The number of benzene rings is 3. The lowest BCUT2D eigenvalue weighted by atomic mass is 9.70. The number of rotatable bonds is 7. The molecule has 1 saturated carbocycles. The zero-order valence-corrected chi connectivity index (χ0v) is 23.7. The number of nitrogens with zero attached hydrogens (tertiary/aromatic N) is 2. The van der Waals surface area contributed by atoms with Crippen LogP contribution in [0.15, 0.2) is 71.6 Å². The first-order valence-electron chi connectivity index (χ1n) is 13.3. The summed E-state index contributed by atoms with van der Waals surface area (Å²) < 4.78 is 84.1. The monoisotopic (exact) mass is 589 g/mol. The molecule has 1 aromatic heterocycles. The first kappa shape index (κ1) is 28.9. The van der Waals surface area contributed by atoms with Gasteiger partial charge in [-0.05, 0) is 84.7 Å². The quantitative estimate of drug-likeness (QED) is 0.220. The Bertz CT molecular complexity index is 1660. The summed E-state index contributed by atoms with van der Waals surface area (Å²) in [6.45, 7) is 6.67. The summed E-state index contributed by atoms with van der Waals surface area (Å²) in [5, 5.41) is 3.24. The van der Waals surface area contributed by atoms with Crippen LogP contribution in [0.5, 0.6) is 5.75 Å². The number of alkyl halides is 3. The highest BCUT2D eigenvalue weighted by molar-refractivity contribution is 7.90. The normalized spacial score (nSPS) is 19.3. The van der Waals surface area contributed by atoms with Gasteiger partial charge in [0.25, 0.3) is 0 Å². The van der Waals surface area contributed by atoms with Crippen LogP contribution in [0, 0.1) is 17.2 Å². The average Bonchev–Trinajstić information content (AvgIpc) is 3.20. The summed E-state index contributed by atoms with van der Waals surface area (Å²) in [5.41, 5.74) is 2.42. The molecule has 1 heterocycles. The molecule has 0 amide bonds. The predicted molar refractivity (Wildman–Crippen MR) is 149 cm³/mol. The van der Waals surface area contributed by atoms with Crippen molar-refractivity contribution >= 4 is 32.5 Å². The average molecular weight is 590 g/mol. The van der Waals surface area contributed by atoms with Crippen LogP contribution in [-0.4, -0.2) is 24.3 Å². The molecule has 41 heavy (non-hydrogen) atoms. The van der Waals surface area contributed by atoms with Gasteiger partial charge in [-0.15, -0.1) is 13.2 Å². The van der Waals surface area contributed by atoms with Crippen LogP contribution in [0.25, 0.3) is 11.0 Å². The van der Waals surface area contributed by atoms with Crippen molar-refractivity contribution in [1.82, 2.24) is 9.55 Å². The van der Waals surface area contributed by atoms with Gasteiger partial charge in [0.15, 0.2) is 9.84 Å². The van der Waals surface area contributed by atoms with E-state index in [9.17, 15) is 26.0 Å². The largest absolute Gasteiger partial charge is 0.573 e. The molecule has 0 aliphatic heterocycles. The van der Waals surface area contributed by atoms with Gasteiger partial charge in [0.05, 0.1) is 16.8 Å². The second-order valence-corrected chi connectivity index (χ2v) is 13.5. The highest BCUT2D eigenvalue weighted by Crippen LogP contribution is 2.46. The first-order chi connectivity index (χ1) is 19.2. The Morgan fingerprint density at radius 3 is 2.41 bits per heavy atom. The van der Waals surface area contributed by atoms with Crippen LogP contribution in [0.1, 0.15) is 51.6 Å². The molecule has 2 atom stereocenters. The molecule has 1 aliphatic rings. The van der Waals surface area contributed by atoms with Crippen LogP contribution in [-0.2, 0) is 15.6 Å². The van der Waals surface area contributed by atoms with E-state index < -0.39 is 27.8 Å². The molecule has 5 rings (SSSR count). The van der Waals surface area contributed by atoms with Gasteiger partial charge in [-0.25, -0.2) is 17.8 Å². The molecule has 0 bridgehead atoms. The van der Waals surface area contributed by atoms with E-state index in [0.29, 0.717) is 28.6 Å². The van der Waals surface area contributed by atoms with Crippen molar-refractivity contribution in [2.75, 3.05) is 5.32 Å². The summed E-state index contributed by atoms with van der Waals surface area (Å²) in [5.74, 6) is -0.579. The third-order valence-corrected chi connectivity index (χ3v) is 9.07. The van der Waals surface area contributed by atoms with Crippen LogP contribution >= 0.6 is 0 Å². The van der Waals surface area contributed by atoms with E-state index in [2.05, 4.69) is 35.4 Å². The van der Waals surface area contributed by atoms with Gasteiger partial charge < -0.3 is 14.6 Å². The molecule has 4 aromatic rings. The van der Waals surface area contributed by atoms with Crippen LogP contribution in [0.4, 0.5) is 29.2 Å². The second kappa shape index (κ2) is 10.7. The van der Waals surface area contributed by atoms with Gasteiger partial charge in [0.2, 0.25) is 5.95 Å². The van der Waals surface area contributed by atoms with E-state index in [4.69, 9.17) is 4.98 Å². The van der Waals surface area contributed by atoms with Crippen molar-refractivity contribution < 1.29 is 30.7 Å². The molecule has 1 fully saturated rings. The van der Waals surface area contributed by atoms with Gasteiger partial charge in [-0.1, -0.05) is 39.0 Å². The molecule has 3 aromatic carbocycles. The van der Waals surface area contributed by atoms with E-state index >= 15 is 0 Å². The minimum absolute atomic E-state index is 0.0839. The van der Waals surface area contributed by atoms with E-state index in [-0.39, 0.29) is 22.1 Å². The SMILES string of the molecule is C[C@H]1C[C@@H](n2c(Nc3ccc(OC(F)(F)F)cc3)nc3cc(CS(=O)(=O)c4ccccc4F)ccc32)CC(C)(C)C1. The fourth-order valence-electron chi connectivity index (χ4n) is 6.05. The lowest BCUT2D eigenvalue weighted by molar-refractivity contribution is -0.274. The molecule has 0 spiro atoms. The van der Waals surface area contributed by atoms with E-state index in [1.54, 1.807) is 12.1 Å². The van der Waals surface area contributed by atoms with Crippen LogP contribution in [0.2, 0.25) is 0 Å². The predicted octanol–water partition coefficient (Wildman–Crippen LogP) is 8.18. The summed E-state index contributed by atoms with van der Waals surface area (Å²) in [6.07, 6.45) is -1.91. The third kappa shape index (κ3) is 6.66. The number of nitrogens with one attached hydrogen (secondary N) is 1. The van der Waals surface area contributed by atoms with Crippen molar-refractivity contribution in [3.8, 4) is 5.75 Å². The molecule has 218 valence electrons. The molecule has 1 aliphatic carbocycles. The number of imidazole rings is 1. The number of hydrogen-bond acceptors (Lipinski definition) is 5. The summed E-state index contributed by atoms with van der Waals surface area (Å²) in [4.78, 5) is 4.43. The summed E-state index contributed by atoms with van der Waals surface area (Å²) in [6, 6.07) is 16.0. The molecule has 0 unspecified atom stereocenters. The zero-order chi connectivity index (χ0) is 29.6. The maximum atomic E-state index is 14.2. The first-order valence-corrected chi connectivity index (χ1v) is 15.0. The van der Waals surface area contributed by atoms with Crippen LogP contribution in [0.3, 0.4) is 0 Å². The standard InChI is InChI=1S/C30H31F4N3O3S/c1-19-14-22(17-29(2,3)16-19)37-26-13-8-20(18-41(38,39)27-7-5-4-6-24(27)31)15-25(26)36-28(37)35-21-9-11-23(12-10-21)40-30(32,33)34/h4-13,15,19,22H,14,16-18H2,1-3H3,(H,35,36)/t19-,22+/m0/s1. The van der Waals surface area contributed by atoms with Crippen molar-refractivity contribution in [3.63, 3.8) is 0 Å². The Morgan fingerprint density at radius 2 is 1.76 bits per heavy atom. The van der Waals surface area contributed by atoms with E-state index in [1.165, 1.54) is 42.5 Å². The highest BCUT2D eigenvalue weighted by Gasteiger charge is 2.35. The third-order valence-electron chi connectivity index (χ3n) is 7.36. The van der Waals surface area contributed by atoms with Gasteiger partial charge in [0, 0.05) is 11.7 Å². The lowest BCUT2D eigenvalue weighted by Crippen LogP contribution is -2.29. The van der Waals surface area contributed by atoms with E-state index in [1.807, 2.05) is 6.07 Å². The molecule has 6 nitrogen and oxygen atoms in total. The van der Waals surface area contributed by atoms with Crippen molar-refractivity contribution in [3.05, 3.63) is 78.1 Å². The van der Waals surface area contributed by atoms with Gasteiger partial charge in [-0.2, -0.15) is 0 Å². The van der Waals surface area contributed by atoms with Crippen molar-refractivity contribution in [2.24, 2.45) is 11.3 Å². The Labute approximate surface area is 236 Å². The second-order valence-electron chi connectivity index (χ2n) is 11.6. The number of hydrogen-bond donors (Lipinski definition) is 1.